The number of nitrogens with one attached hydrogen (secondary N) is 1. The molecule has 0 atom stereocenters. The highest BCUT2D eigenvalue weighted by Gasteiger charge is 2.14. The highest BCUT2D eigenvalue weighted by atomic mass is 16.5. The molecule has 1 aromatic carbocycles. The number of amides is 1. The molecular formula is C15H21NO3. The molecule has 0 unspecified atom stereocenters. The molecule has 0 radical (unpaired) electrons. The molecule has 1 N–H and O–H groups in total. The van der Waals surface area contributed by atoms with E-state index in [1.807, 2.05) is 13.8 Å². The Kier molecular flexibility index (Phi) is 5.10. The van der Waals surface area contributed by atoms with Gasteiger partial charge in [0, 0.05) is 17.5 Å². The molecule has 1 rings (SSSR count). The van der Waals surface area contributed by atoms with E-state index in [0.717, 1.165) is 0 Å². The average molecular weight is 263 g/mol. The van der Waals surface area contributed by atoms with Crippen molar-refractivity contribution >= 4 is 17.4 Å². The Morgan fingerprint density at radius 2 is 1.79 bits per heavy atom. The highest BCUT2D eigenvalue weighted by Crippen LogP contribution is 2.24. The number of carbonyl (C=O) groups is 2. The molecule has 1 amide bonds. The van der Waals surface area contributed by atoms with Crippen molar-refractivity contribution in [2.45, 2.75) is 40.7 Å². The Hall–Kier alpha value is -1.84. The van der Waals surface area contributed by atoms with E-state index < -0.39 is 0 Å². The van der Waals surface area contributed by atoms with Gasteiger partial charge in [0.2, 0.25) is 5.91 Å². The van der Waals surface area contributed by atoms with Crippen LogP contribution in [0.4, 0.5) is 5.69 Å². The van der Waals surface area contributed by atoms with Crippen molar-refractivity contribution in [3.05, 3.63) is 23.8 Å². The van der Waals surface area contributed by atoms with Crippen LogP contribution in [-0.4, -0.2) is 17.8 Å². The second-order valence-corrected chi connectivity index (χ2v) is 5.07. The second-order valence-electron chi connectivity index (χ2n) is 5.07. The van der Waals surface area contributed by atoms with Crippen LogP contribution in [0.3, 0.4) is 0 Å². The minimum atomic E-state index is -0.144. The first-order valence-electron chi connectivity index (χ1n) is 6.43. The molecule has 19 heavy (non-hydrogen) atoms. The predicted octanol–water partition coefficient (Wildman–Crippen LogP) is 3.27. The SMILES string of the molecule is CC(=O)c1ccc(OC(C)C)cc1NC(=O)C(C)C. The van der Waals surface area contributed by atoms with E-state index in [0.29, 0.717) is 17.0 Å². The van der Waals surface area contributed by atoms with Crippen LogP contribution in [0.5, 0.6) is 5.75 Å². The van der Waals surface area contributed by atoms with E-state index in [-0.39, 0.29) is 23.7 Å². The molecule has 0 saturated heterocycles. The molecule has 0 fully saturated rings. The summed E-state index contributed by atoms with van der Waals surface area (Å²) in [5.74, 6) is 0.285. The summed E-state index contributed by atoms with van der Waals surface area (Å²) in [7, 11) is 0. The van der Waals surface area contributed by atoms with Gasteiger partial charge < -0.3 is 10.1 Å². The van der Waals surface area contributed by atoms with Crippen molar-refractivity contribution in [1.29, 1.82) is 0 Å². The lowest BCUT2D eigenvalue weighted by Crippen LogP contribution is -2.19. The maximum Gasteiger partial charge on any atom is 0.226 e. The summed E-state index contributed by atoms with van der Waals surface area (Å²) in [5, 5.41) is 2.77. The molecule has 0 aliphatic rings. The quantitative estimate of drug-likeness (QED) is 0.829. The highest BCUT2D eigenvalue weighted by molar-refractivity contribution is 6.04. The van der Waals surface area contributed by atoms with Gasteiger partial charge in [-0.3, -0.25) is 9.59 Å². The number of carbonyl (C=O) groups excluding carboxylic acids is 2. The smallest absolute Gasteiger partial charge is 0.226 e. The van der Waals surface area contributed by atoms with E-state index in [2.05, 4.69) is 5.32 Å². The first-order chi connectivity index (χ1) is 8.81. The van der Waals surface area contributed by atoms with Crippen molar-refractivity contribution in [3.8, 4) is 5.75 Å². The lowest BCUT2D eigenvalue weighted by Gasteiger charge is -2.15. The largest absolute Gasteiger partial charge is 0.491 e. The standard InChI is InChI=1S/C15H21NO3/c1-9(2)15(18)16-14-8-12(19-10(3)4)6-7-13(14)11(5)17/h6-10H,1-5H3,(H,16,18). The van der Waals surface area contributed by atoms with Gasteiger partial charge in [0.25, 0.3) is 0 Å². The summed E-state index contributed by atoms with van der Waals surface area (Å²) in [6, 6.07) is 5.11. The Labute approximate surface area is 114 Å². The van der Waals surface area contributed by atoms with Crippen LogP contribution >= 0.6 is 0 Å². The summed E-state index contributed by atoms with van der Waals surface area (Å²) in [6.45, 7) is 8.92. The first kappa shape index (κ1) is 15.2. The van der Waals surface area contributed by atoms with E-state index in [9.17, 15) is 9.59 Å². The van der Waals surface area contributed by atoms with Gasteiger partial charge in [-0.05, 0) is 32.9 Å². The fraction of sp³-hybridized carbons (Fsp3) is 0.467. The fourth-order valence-corrected chi connectivity index (χ4v) is 1.56. The second kappa shape index (κ2) is 6.36. The van der Waals surface area contributed by atoms with Crippen molar-refractivity contribution in [3.63, 3.8) is 0 Å². The van der Waals surface area contributed by atoms with Crippen LogP contribution in [-0.2, 0) is 4.79 Å². The summed E-state index contributed by atoms with van der Waals surface area (Å²) < 4.78 is 5.57. The number of benzene rings is 1. The van der Waals surface area contributed by atoms with E-state index >= 15 is 0 Å². The molecule has 0 aliphatic carbocycles. The Balaban J connectivity index is 3.08. The molecular weight excluding hydrogens is 242 g/mol. The topological polar surface area (TPSA) is 55.4 Å². The number of anilines is 1. The zero-order valence-electron chi connectivity index (χ0n) is 12.1. The lowest BCUT2D eigenvalue weighted by atomic mass is 10.1. The molecule has 4 heteroatoms. The molecule has 0 spiro atoms. The van der Waals surface area contributed by atoms with E-state index in [1.165, 1.54) is 6.92 Å². The van der Waals surface area contributed by atoms with Crippen LogP contribution in [0.2, 0.25) is 0 Å². The van der Waals surface area contributed by atoms with Crippen LogP contribution in [0.25, 0.3) is 0 Å². The number of ether oxygens (including phenoxy) is 1. The predicted molar refractivity (Wildman–Crippen MR) is 75.7 cm³/mol. The monoisotopic (exact) mass is 263 g/mol. The summed E-state index contributed by atoms with van der Waals surface area (Å²) in [4.78, 5) is 23.3. The van der Waals surface area contributed by atoms with Crippen LogP contribution in [0.15, 0.2) is 18.2 Å². The van der Waals surface area contributed by atoms with Gasteiger partial charge in [-0.25, -0.2) is 0 Å². The molecule has 4 nitrogen and oxygen atoms in total. The summed E-state index contributed by atoms with van der Waals surface area (Å²) in [6.07, 6.45) is 0.0387. The minimum absolute atomic E-state index is 0.0387. The Morgan fingerprint density at radius 3 is 2.26 bits per heavy atom. The Morgan fingerprint density at radius 1 is 1.16 bits per heavy atom. The maximum atomic E-state index is 11.8. The average Bonchev–Trinajstić information content (AvgIpc) is 2.27. The van der Waals surface area contributed by atoms with Crippen molar-refractivity contribution in [2.24, 2.45) is 5.92 Å². The molecule has 0 saturated carbocycles. The zero-order valence-corrected chi connectivity index (χ0v) is 12.1. The number of hydrogen-bond acceptors (Lipinski definition) is 3. The van der Waals surface area contributed by atoms with Gasteiger partial charge in [-0.15, -0.1) is 0 Å². The number of rotatable bonds is 5. The summed E-state index contributed by atoms with van der Waals surface area (Å²) >= 11 is 0. The molecule has 0 aromatic heterocycles. The van der Waals surface area contributed by atoms with Gasteiger partial charge >= 0.3 is 0 Å². The molecule has 1 aromatic rings. The van der Waals surface area contributed by atoms with Gasteiger partial charge in [0.15, 0.2) is 5.78 Å². The van der Waals surface area contributed by atoms with Crippen molar-refractivity contribution in [2.75, 3.05) is 5.32 Å². The minimum Gasteiger partial charge on any atom is -0.491 e. The number of Topliss-reactive ketones (excluding diaryl/α,β-unsaturated/α-hetero) is 1. The number of hydrogen-bond donors (Lipinski definition) is 1. The van der Waals surface area contributed by atoms with Gasteiger partial charge in [-0.2, -0.15) is 0 Å². The Bertz CT molecular complexity index is 478. The molecule has 0 heterocycles. The molecule has 0 bridgehead atoms. The van der Waals surface area contributed by atoms with Crippen molar-refractivity contribution < 1.29 is 14.3 Å². The van der Waals surface area contributed by atoms with Crippen LogP contribution in [0.1, 0.15) is 45.0 Å². The van der Waals surface area contributed by atoms with E-state index in [4.69, 9.17) is 4.74 Å². The van der Waals surface area contributed by atoms with Crippen LogP contribution < -0.4 is 10.1 Å². The van der Waals surface area contributed by atoms with E-state index in [1.54, 1.807) is 32.0 Å². The molecule has 0 aliphatic heterocycles. The van der Waals surface area contributed by atoms with Gasteiger partial charge in [0.1, 0.15) is 5.75 Å². The lowest BCUT2D eigenvalue weighted by molar-refractivity contribution is -0.118. The maximum absolute atomic E-state index is 11.8. The van der Waals surface area contributed by atoms with Crippen LogP contribution in [0, 0.1) is 5.92 Å². The first-order valence-corrected chi connectivity index (χ1v) is 6.43. The third kappa shape index (κ3) is 4.39. The fourth-order valence-electron chi connectivity index (χ4n) is 1.56. The third-order valence-electron chi connectivity index (χ3n) is 2.52. The summed E-state index contributed by atoms with van der Waals surface area (Å²) in [5.41, 5.74) is 0.995. The third-order valence-corrected chi connectivity index (χ3v) is 2.52. The number of ketones is 1. The van der Waals surface area contributed by atoms with Crippen molar-refractivity contribution in [1.82, 2.24) is 0 Å². The van der Waals surface area contributed by atoms with Gasteiger partial charge in [-0.1, -0.05) is 13.8 Å². The van der Waals surface area contributed by atoms with Gasteiger partial charge in [0.05, 0.1) is 11.8 Å². The normalized spacial score (nSPS) is 10.7. The zero-order chi connectivity index (χ0) is 14.6. The molecule has 104 valence electrons.